The minimum absolute atomic E-state index is 0.701. The van der Waals surface area contributed by atoms with E-state index in [1.54, 1.807) is 6.20 Å². The van der Waals surface area contributed by atoms with Crippen molar-refractivity contribution < 1.29 is 0 Å². The van der Waals surface area contributed by atoms with Gasteiger partial charge in [0.2, 0.25) is 0 Å². The molecular formula is C14H18N4. The number of nitrogens with zero attached hydrogens (tertiary/aromatic N) is 3. The van der Waals surface area contributed by atoms with Crippen molar-refractivity contribution in [1.29, 1.82) is 0 Å². The first-order valence-electron chi connectivity index (χ1n) is 6.08. The number of anilines is 2. The van der Waals surface area contributed by atoms with E-state index in [-0.39, 0.29) is 0 Å². The molecule has 0 fully saturated rings. The van der Waals surface area contributed by atoms with Crippen LogP contribution < -0.4 is 10.6 Å². The molecule has 0 atom stereocenters. The molecule has 18 heavy (non-hydrogen) atoms. The summed E-state index contributed by atoms with van der Waals surface area (Å²) in [6.07, 6.45) is 1.76. The third-order valence-electron chi connectivity index (χ3n) is 2.80. The Morgan fingerprint density at radius 2 is 2.06 bits per heavy atom. The minimum Gasteiger partial charge on any atom is -0.396 e. The summed E-state index contributed by atoms with van der Waals surface area (Å²) in [6, 6.07) is 9.75. The van der Waals surface area contributed by atoms with Crippen LogP contribution in [-0.2, 0) is 6.54 Å². The molecule has 2 rings (SSSR count). The summed E-state index contributed by atoms with van der Waals surface area (Å²) in [5.74, 6) is 0.823. The molecule has 2 aromatic rings. The number of aromatic nitrogens is 2. The fraction of sp³-hybridized carbons (Fsp3) is 0.286. The average molecular weight is 242 g/mol. The van der Waals surface area contributed by atoms with Gasteiger partial charge in [0.25, 0.3) is 0 Å². The van der Waals surface area contributed by atoms with Crippen LogP contribution >= 0.6 is 0 Å². The Morgan fingerprint density at radius 1 is 1.22 bits per heavy atom. The van der Waals surface area contributed by atoms with Gasteiger partial charge in [0.1, 0.15) is 0 Å². The van der Waals surface area contributed by atoms with E-state index < -0.39 is 0 Å². The zero-order chi connectivity index (χ0) is 13.0. The van der Waals surface area contributed by atoms with E-state index >= 15 is 0 Å². The molecule has 0 amide bonds. The predicted octanol–water partition coefficient (Wildman–Crippen LogP) is 2.39. The van der Waals surface area contributed by atoms with Crippen molar-refractivity contribution in [2.75, 3.05) is 17.2 Å². The quantitative estimate of drug-likeness (QED) is 0.894. The van der Waals surface area contributed by atoms with Gasteiger partial charge in [0.15, 0.2) is 5.82 Å². The molecular weight excluding hydrogens is 224 g/mol. The zero-order valence-electron chi connectivity index (χ0n) is 10.8. The number of nitrogens with two attached hydrogens (primary N) is 1. The van der Waals surface area contributed by atoms with Gasteiger partial charge in [-0.25, -0.2) is 4.98 Å². The lowest BCUT2D eigenvalue weighted by atomic mass is 10.3. The Morgan fingerprint density at radius 3 is 2.72 bits per heavy atom. The minimum atomic E-state index is 0.701. The normalized spacial score (nSPS) is 10.3. The van der Waals surface area contributed by atoms with E-state index in [1.165, 1.54) is 0 Å². The topological polar surface area (TPSA) is 55.0 Å². The maximum absolute atomic E-state index is 5.96. The van der Waals surface area contributed by atoms with Crippen molar-refractivity contribution in [2.45, 2.75) is 20.4 Å². The van der Waals surface area contributed by atoms with Crippen LogP contribution in [0, 0.1) is 6.92 Å². The number of nitrogen functional groups attached to an aromatic ring is 1. The van der Waals surface area contributed by atoms with Gasteiger partial charge in [-0.15, -0.1) is 0 Å². The second kappa shape index (κ2) is 5.49. The highest BCUT2D eigenvalue weighted by molar-refractivity contribution is 5.62. The maximum Gasteiger partial charge on any atom is 0.152 e. The molecule has 94 valence electrons. The summed E-state index contributed by atoms with van der Waals surface area (Å²) in [5, 5.41) is 0. The van der Waals surface area contributed by atoms with Crippen LogP contribution in [0.2, 0.25) is 0 Å². The van der Waals surface area contributed by atoms with Gasteiger partial charge in [0.05, 0.1) is 17.9 Å². The molecule has 2 heterocycles. The largest absolute Gasteiger partial charge is 0.396 e. The Hall–Kier alpha value is -2.10. The Kier molecular flexibility index (Phi) is 3.77. The summed E-state index contributed by atoms with van der Waals surface area (Å²) < 4.78 is 0. The van der Waals surface area contributed by atoms with Crippen LogP contribution in [-0.4, -0.2) is 16.5 Å². The molecule has 0 aliphatic carbocycles. The van der Waals surface area contributed by atoms with Crippen molar-refractivity contribution in [3.63, 3.8) is 0 Å². The van der Waals surface area contributed by atoms with Crippen LogP contribution in [0.25, 0.3) is 0 Å². The summed E-state index contributed by atoms with van der Waals surface area (Å²) in [4.78, 5) is 11.0. The van der Waals surface area contributed by atoms with E-state index in [9.17, 15) is 0 Å². The molecule has 2 aromatic heterocycles. The van der Waals surface area contributed by atoms with Crippen LogP contribution in [0.1, 0.15) is 18.3 Å². The number of rotatable bonds is 4. The maximum atomic E-state index is 5.96. The molecule has 4 nitrogen and oxygen atoms in total. The van der Waals surface area contributed by atoms with Gasteiger partial charge in [-0.05, 0) is 38.1 Å². The highest BCUT2D eigenvalue weighted by atomic mass is 15.2. The monoisotopic (exact) mass is 242 g/mol. The molecule has 0 aromatic carbocycles. The van der Waals surface area contributed by atoms with Crippen LogP contribution in [0.5, 0.6) is 0 Å². The van der Waals surface area contributed by atoms with E-state index in [0.29, 0.717) is 5.69 Å². The average Bonchev–Trinajstić information content (AvgIpc) is 2.37. The standard InChI is InChI=1S/C14H18N4/c1-3-18(14-13(15)8-5-9-16-14)10-12-7-4-6-11(2)17-12/h4-9H,3,10,15H2,1-2H3. The molecule has 4 heteroatoms. The SMILES string of the molecule is CCN(Cc1cccc(C)n1)c1ncccc1N. The lowest BCUT2D eigenvalue weighted by molar-refractivity contribution is 0.792. The van der Waals surface area contributed by atoms with Gasteiger partial charge in [-0.2, -0.15) is 0 Å². The molecule has 0 saturated carbocycles. The highest BCUT2D eigenvalue weighted by Crippen LogP contribution is 2.20. The number of aryl methyl sites for hydroxylation is 1. The molecule has 0 aliphatic rings. The highest BCUT2D eigenvalue weighted by Gasteiger charge is 2.10. The number of hydrogen-bond donors (Lipinski definition) is 1. The van der Waals surface area contributed by atoms with Crippen molar-refractivity contribution >= 4 is 11.5 Å². The van der Waals surface area contributed by atoms with Crippen molar-refractivity contribution in [3.8, 4) is 0 Å². The summed E-state index contributed by atoms with van der Waals surface area (Å²) in [5.41, 5.74) is 8.71. The fourth-order valence-corrected chi connectivity index (χ4v) is 1.89. The lowest BCUT2D eigenvalue weighted by Gasteiger charge is -2.22. The van der Waals surface area contributed by atoms with E-state index in [0.717, 1.165) is 30.3 Å². The molecule has 0 unspecified atom stereocenters. The first kappa shape index (κ1) is 12.4. The van der Waals surface area contributed by atoms with E-state index in [1.807, 2.05) is 37.3 Å². The third kappa shape index (κ3) is 2.77. The van der Waals surface area contributed by atoms with E-state index in [4.69, 9.17) is 5.73 Å². The van der Waals surface area contributed by atoms with Crippen molar-refractivity contribution in [1.82, 2.24) is 9.97 Å². The second-order valence-electron chi connectivity index (χ2n) is 4.20. The molecule has 0 spiro atoms. The molecule has 0 bridgehead atoms. The van der Waals surface area contributed by atoms with Crippen LogP contribution in [0.4, 0.5) is 11.5 Å². The fourth-order valence-electron chi connectivity index (χ4n) is 1.89. The summed E-state index contributed by atoms with van der Waals surface area (Å²) in [7, 11) is 0. The van der Waals surface area contributed by atoms with Gasteiger partial charge in [0, 0.05) is 18.4 Å². The summed E-state index contributed by atoms with van der Waals surface area (Å²) in [6.45, 7) is 5.65. The van der Waals surface area contributed by atoms with Gasteiger partial charge in [-0.3, -0.25) is 4.98 Å². The van der Waals surface area contributed by atoms with Crippen LogP contribution in [0.3, 0.4) is 0 Å². The number of pyridine rings is 2. The second-order valence-corrected chi connectivity index (χ2v) is 4.20. The van der Waals surface area contributed by atoms with Gasteiger partial charge < -0.3 is 10.6 Å². The van der Waals surface area contributed by atoms with Gasteiger partial charge in [-0.1, -0.05) is 6.07 Å². The molecule has 0 radical (unpaired) electrons. The van der Waals surface area contributed by atoms with E-state index in [2.05, 4.69) is 21.8 Å². The predicted molar refractivity (Wildman–Crippen MR) is 74.3 cm³/mol. The first-order valence-corrected chi connectivity index (χ1v) is 6.08. The molecule has 0 saturated heterocycles. The first-order chi connectivity index (χ1) is 8.70. The Labute approximate surface area is 107 Å². The smallest absolute Gasteiger partial charge is 0.152 e. The zero-order valence-corrected chi connectivity index (χ0v) is 10.8. The van der Waals surface area contributed by atoms with Gasteiger partial charge >= 0.3 is 0 Å². The Balaban J connectivity index is 2.23. The third-order valence-corrected chi connectivity index (χ3v) is 2.80. The van der Waals surface area contributed by atoms with Crippen molar-refractivity contribution in [2.24, 2.45) is 0 Å². The number of hydrogen-bond acceptors (Lipinski definition) is 4. The summed E-state index contributed by atoms with van der Waals surface area (Å²) >= 11 is 0. The van der Waals surface area contributed by atoms with Crippen molar-refractivity contribution in [3.05, 3.63) is 47.9 Å². The Bertz CT molecular complexity index is 525. The lowest BCUT2D eigenvalue weighted by Crippen LogP contribution is -2.24. The molecule has 0 aliphatic heterocycles. The van der Waals surface area contributed by atoms with Crippen LogP contribution in [0.15, 0.2) is 36.5 Å². The molecule has 2 N–H and O–H groups in total.